The van der Waals surface area contributed by atoms with Gasteiger partial charge in [0, 0.05) is 12.6 Å². The molecule has 1 N–H and O–H groups in total. The smallest absolute Gasteiger partial charge is 0.251 e. The highest BCUT2D eigenvalue weighted by Gasteiger charge is 2.28. The summed E-state index contributed by atoms with van der Waals surface area (Å²) >= 11 is 0. The number of aromatic nitrogens is 4. The van der Waals surface area contributed by atoms with E-state index < -0.39 is 0 Å². The Hall–Kier alpha value is -2.24. The molecule has 2 aromatic heterocycles. The Kier molecular flexibility index (Phi) is 3.22. The van der Waals surface area contributed by atoms with E-state index in [1.54, 1.807) is 13.0 Å². The van der Waals surface area contributed by atoms with E-state index in [1.165, 1.54) is 0 Å². The average molecular weight is 271 g/mol. The highest BCUT2D eigenvalue weighted by molar-refractivity contribution is 5.42. The molecule has 2 aromatic rings. The zero-order chi connectivity index (χ0) is 14.1. The van der Waals surface area contributed by atoms with E-state index in [9.17, 15) is 4.79 Å². The fraction of sp³-hybridized carbons (Fsp3) is 0.429. The van der Waals surface area contributed by atoms with Crippen molar-refractivity contribution in [1.29, 1.82) is 0 Å². The molecule has 0 saturated carbocycles. The Morgan fingerprint density at radius 2 is 2.15 bits per heavy atom. The maximum atomic E-state index is 11.6. The fourth-order valence-corrected chi connectivity index (χ4v) is 2.67. The van der Waals surface area contributed by atoms with Crippen LogP contribution in [0.15, 0.2) is 23.0 Å². The van der Waals surface area contributed by atoms with E-state index >= 15 is 0 Å². The second kappa shape index (κ2) is 5.03. The van der Waals surface area contributed by atoms with Gasteiger partial charge in [0.2, 0.25) is 0 Å². The lowest BCUT2D eigenvalue weighted by molar-refractivity contribution is 0.673. The summed E-state index contributed by atoms with van der Waals surface area (Å²) in [6.07, 6.45) is 2.04. The van der Waals surface area contributed by atoms with Crippen LogP contribution in [-0.4, -0.2) is 26.7 Å². The van der Waals surface area contributed by atoms with Crippen molar-refractivity contribution in [3.63, 3.8) is 0 Å². The molecule has 1 atom stereocenters. The van der Waals surface area contributed by atoms with Gasteiger partial charge in [-0.15, -0.1) is 5.10 Å². The van der Waals surface area contributed by atoms with Gasteiger partial charge in [0.05, 0.1) is 17.4 Å². The van der Waals surface area contributed by atoms with E-state index in [0.717, 1.165) is 36.6 Å². The lowest BCUT2D eigenvalue weighted by Gasteiger charge is -2.24. The maximum Gasteiger partial charge on any atom is 0.251 e. The van der Waals surface area contributed by atoms with Crippen molar-refractivity contribution >= 4 is 5.82 Å². The van der Waals surface area contributed by atoms with E-state index in [0.29, 0.717) is 5.82 Å². The predicted molar refractivity (Wildman–Crippen MR) is 75.7 cm³/mol. The van der Waals surface area contributed by atoms with Crippen LogP contribution < -0.4 is 10.5 Å². The highest BCUT2D eigenvalue weighted by atomic mass is 16.1. The number of aryl methyl sites for hydroxylation is 2. The van der Waals surface area contributed by atoms with Crippen LogP contribution in [0.5, 0.6) is 0 Å². The molecule has 3 rings (SSSR count). The first-order valence-corrected chi connectivity index (χ1v) is 6.78. The van der Waals surface area contributed by atoms with Crippen LogP contribution in [0.4, 0.5) is 5.82 Å². The molecule has 1 unspecified atom stereocenters. The first-order valence-electron chi connectivity index (χ1n) is 6.78. The molecule has 0 bridgehead atoms. The van der Waals surface area contributed by atoms with Gasteiger partial charge < -0.3 is 9.88 Å². The summed E-state index contributed by atoms with van der Waals surface area (Å²) in [4.78, 5) is 20.9. The molecule has 0 amide bonds. The summed E-state index contributed by atoms with van der Waals surface area (Å²) in [5.74, 6) is 1.49. The lowest BCUT2D eigenvalue weighted by Crippen LogP contribution is -2.26. The molecular formula is C14H17N5O. The number of hydrogen-bond acceptors (Lipinski definition) is 5. The minimum absolute atomic E-state index is 0.102. The molecule has 0 spiro atoms. The van der Waals surface area contributed by atoms with Gasteiger partial charge in [-0.3, -0.25) is 4.79 Å². The summed E-state index contributed by atoms with van der Waals surface area (Å²) in [7, 11) is 0. The first-order chi connectivity index (χ1) is 9.63. The zero-order valence-corrected chi connectivity index (χ0v) is 11.6. The van der Waals surface area contributed by atoms with Gasteiger partial charge in [0.25, 0.3) is 5.56 Å². The van der Waals surface area contributed by atoms with Crippen molar-refractivity contribution in [1.82, 2.24) is 20.2 Å². The lowest BCUT2D eigenvalue weighted by atomic mass is 10.1. The second-order valence-electron chi connectivity index (χ2n) is 5.14. The maximum absolute atomic E-state index is 11.6. The van der Waals surface area contributed by atoms with Gasteiger partial charge in [0.15, 0.2) is 5.82 Å². The Morgan fingerprint density at radius 1 is 1.30 bits per heavy atom. The minimum Gasteiger partial charge on any atom is -0.347 e. The van der Waals surface area contributed by atoms with Gasteiger partial charge >= 0.3 is 0 Å². The average Bonchev–Trinajstić information content (AvgIpc) is 2.87. The van der Waals surface area contributed by atoms with Crippen LogP contribution >= 0.6 is 0 Å². The Bertz CT molecular complexity index is 664. The molecule has 0 aliphatic carbocycles. The first kappa shape index (κ1) is 12.8. The molecule has 6 nitrogen and oxygen atoms in total. The van der Waals surface area contributed by atoms with Crippen molar-refractivity contribution in [2.24, 2.45) is 0 Å². The molecular weight excluding hydrogens is 254 g/mol. The van der Waals surface area contributed by atoms with E-state index in [2.05, 4.69) is 25.1 Å². The normalized spacial score (nSPS) is 18.5. The van der Waals surface area contributed by atoms with Crippen LogP contribution in [0.2, 0.25) is 0 Å². The van der Waals surface area contributed by atoms with Gasteiger partial charge in [0.1, 0.15) is 5.82 Å². The molecule has 3 heterocycles. The molecule has 1 saturated heterocycles. The molecule has 1 aliphatic heterocycles. The largest absolute Gasteiger partial charge is 0.347 e. The van der Waals surface area contributed by atoms with E-state index in [1.807, 2.05) is 19.1 Å². The molecule has 104 valence electrons. The number of hydrogen-bond donors (Lipinski definition) is 1. The summed E-state index contributed by atoms with van der Waals surface area (Å²) in [6.45, 7) is 4.63. The van der Waals surface area contributed by atoms with E-state index in [-0.39, 0.29) is 11.6 Å². The number of H-pyrrole nitrogens is 1. The van der Waals surface area contributed by atoms with Crippen LogP contribution in [0.1, 0.15) is 36.1 Å². The molecule has 0 aromatic carbocycles. The Balaban J connectivity index is 1.96. The zero-order valence-electron chi connectivity index (χ0n) is 11.6. The minimum atomic E-state index is -0.102. The molecule has 0 radical (unpaired) electrons. The monoisotopic (exact) mass is 271 g/mol. The van der Waals surface area contributed by atoms with Crippen molar-refractivity contribution in [2.75, 3.05) is 11.4 Å². The standard InChI is InChI=1S/C14H17N5O/c1-9-5-6-13(18-17-9)19-7-3-4-12(19)11-8-14(20)16-10(2)15-11/h5-6,8,12H,3-4,7H2,1-2H3,(H,15,16,20). The Morgan fingerprint density at radius 3 is 2.85 bits per heavy atom. The van der Waals surface area contributed by atoms with Crippen LogP contribution in [0, 0.1) is 13.8 Å². The third kappa shape index (κ3) is 2.41. The summed E-state index contributed by atoms with van der Waals surface area (Å²) in [6, 6.07) is 5.61. The molecule has 6 heteroatoms. The van der Waals surface area contributed by atoms with Crippen molar-refractivity contribution in [3.8, 4) is 0 Å². The Labute approximate surface area is 116 Å². The predicted octanol–water partition coefficient (Wildman–Crippen LogP) is 1.52. The number of rotatable bonds is 2. The fourth-order valence-electron chi connectivity index (χ4n) is 2.67. The third-order valence-corrected chi connectivity index (χ3v) is 3.55. The van der Waals surface area contributed by atoms with Crippen molar-refractivity contribution in [2.45, 2.75) is 32.7 Å². The van der Waals surface area contributed by atoms with Crippen molar-refractivity contribution in [3.05, 3.63) is 45.8 Å². The van der Waals surface area contributed by atoms with E-state index in [4.69, 9.17) is 0 Å². The number of nitrogens with zero attached hydrogens (tertiary/aromatic N) is 4. The van der Waals surface area contributed by atoms with Gasteiger partial charge in [-0.2, -0.15) is 5.10 Å². The summed E-state index contributed by atoms with van der Waals surface area (Å²) in [5, 5.41) is 8.35. The highest BCUT2D eigenvalue weighted by Crippen LogP contribution is 2.33. The summed E-state index contributed by atoms with van der Waals surface area (Å²) in [5.41, 5.74) is 1.61. The number of nitrogens with one attached hydrogen (secondary N) is 1. The van der Waals surface area contributed by atoms with Crippen LogP contribution in [0.3, 0.4) is 0 Å². The second-order valence-corrected chi connectivity index (χ2v) is 5.14. The molecule has 1 aliphatic rings. The topological polar surface area (TPSA) is 74.8 Å². The van der Waals surface area contributed by atoms with Gasteiger partial charge in [-0.1, -0.05) is 0 Å². The van der Waals surface area contributed by atoms with Gasteiger partial charge in [-0.25, -0.2) is 4.98 Å². The van der Waals surface area contributed by atoms with Gasteiger partial charge in [-0.05, 0) is 38.8 Å². The van der Waals surface area contributed by atoms with Crippen LogP contribution in [0.25, 0.3) is 0 Å². The summed E-state index contributed by atoms with van der Waals surface area (Å²) < 4.78 is 0. The van der Waals surface area contributed by atoms with Crippen molar-refractivity contribution < 1.29 is 0 Å². The molecule has 1 fully saturated rings. The molecule has 20 heavy (non-hydrogen) atoms. The quantitative estimate of drug-likeness (QED) is 0.896. The van der Waals surface area contributed by atoms with Crippen LogP contribution in [-0.2, 0) is 0 Å². The SMILES string of the molecule is Cc1ccc(N2CCCC2c2cc(=O)[nH]c(C)n2)nn1. The third-order valence-electron chi connectivity index (χ3n) is 3.55. The number of aromatic amines is 1. The number of anilines is 1.